The molecule has 1 unspecified atom stereocenters. The van der Waals surface area contributed by atoms with Gasteiger partial charge in [0.1, 0.15) is 6.04 Å². The van der Waals surface area contributed by atoms with Crippen LogP contribution in [0.15, 0.2) is 41.1 Å². The van der Waals surface area contributed by atoms with E-state index in [-0.39, 0.29) is 5.91 Å². The van der Waals surface area contributed by atoms with Crippen LogP contribution in [-0.2, 0) is 11.3 Å². The van der Waals surface area contributed by atoms with E-state index < -0.39 is 6.04 Å². The van der Waals surface area contributed by atoms with Crippen LogP contribution in [0.1, 0.15) is 24.2 Å². The van der Waals surface area contributed by atoms with Crippen molar-refractivity contribution in [3.05, 3.63) is 62.4 Å². The lowest BCUT2D eigenvalue weighted by molar-refractivity contribution is -0.119. The van der Waals surface area contributed by atoms with E-state index >= 15 is 0 Å². The number of carbonyl (C=O) groups is 1. The topological polar surface area (TPSA) is 64.7 Å². The minimum atomic E-state index is -0.469. The van der Waals surface area contributed by atoms with Gasteiger partial charge in [-0.3, -0.25) is 14.2 Å². The molecule has 0 radical (unpaired) electrons. The Hall–Kier alpha value is -1.83. The maximum absolute atomic E-state index is 12.4. The lowest BCUT2D eigenvalue weighted by Crippen LogP contribution is -2.24. The van der Waals surface area contributed by atoms with E-state index in [0.29, 0.717) is 22.4 Å². The van der Waals surface area contributed by atoms with Crippen molar-refractivity contribution in [2.45, 2.75) is 26.4 Å². The Morgan fingerprint density at radius 1 is 1.27 bits per heavy atom. The Morgan fingerprint density at radius 3 is 2.58 bits per heavy atom. The van der Waals surface area contributed by atoms with Gasteiger partial charge in [-0.1, -0.05) is 29.3 Å². The number of benzene rings is 1. The Morgan fingerprint density at radius 2 is 1.96 bits per heavy atom. The molecular formula is C17H16BrCl2N5O. The van der Waals surface area contributed by atoms with Gasteiger partial charge in [0.15, 0.2) is 5.82 Å². The van der Waals surface area contributed by atoms with Crippen molar-refractivity contribution < 1.29 is 4.79 Å². The van der Waals surface area contributed by atoms with E-state index in [2.05, 4.69) is 31.4 Å². The lowest BCUT2D eigenvalue weighted by Gasteiger charge is -2.11. The molecule has 2 aromatic heterocycles. The van der Waals surface area contributed by atoms with E-state index in [1.807, 2.05) is 6.92 Å². The van der Waals surface area contributed by atoms with Gasteiger partial charge in [0, 0.05) is 34.1 Å². The molecule has 0 aliphatic rings. The van der Waals surface area contributed by atoms with Crippen molar-refractivity contribution in [2.75, 3.05) is 5.32 Å². The number of nitrogens with one attached hydrogen (secondary N) is 1. The molecule has 0 fully saturated rings. The molecule has 1 aromatic carbocycles. The highest BCUT2D eigenvalue weighted by Gasteiger charge is 2.18. The smallest absolute Gasteiger partial charge is 0.250 e. The largest absolute Gasteiger partial charge is 0.307 e. The fourth-order valence-corrected chi connectivity index (χ4v) is 3.18. The molecule has 1 N–H and O–H groups in total. The first kappa shape index (κ1) is 18.9. The van der Waals surface area contributed by atoms with Crippen molar-refractivity contribution in [3.63, 3.8) is 0 Å². The molecule has 3 aromatic rings. The first-order valence-corrected chi connectivity index (χ1v) is 9.38. The average Bonchev–Trinajstić information content (AvgIpc) is 3.17. The number of carbonyl (C=O) groups excluding carboxylic acids is 1. The second-order valence-corrected chi connectivity index (χ2v) is 7.48. The summed E-state index contributed by atoms with van der Waals surface area (Å²) in [6.07, 6.45) is 3.53. The molecule has 3 rings (SSSR count). The van der Waals surface area contributed by atoms with Crippen LogP contribution in [0.25, 0.3) is 0 Å². The third kappa shape index (κ3) is 4.11. The molecule has 6 nitrogen and oxygen atoms in total. The maximum atomic E-state index is 12.4. The van der Waals surface area contributed by atoms with E-state index in [9.17, 15) is 4.79 Å². The molecule has 2 heterocycles. The van der Waals surface area contributed by atoms with Gasteiger partial charge in [-0.25, -0.2) is 0 Å². The average molecular weight is 457 g/mol. The normalized spacial score (nSPS) is 12.2. The van der Waals surface area contributed by atoms with Crippen LogP contribution in [0.3, 0.4) is 0 Å². The third-order valence-corrected chi connectivity index (χ3v) is 5.39. The molecule has 0 bridgehead atoms. The molecule has 136 valence electrons. The minimum absolute atomic E-state index is 0.207. The van der Waals surface area contributed by atoms with E-state index in [0.717, 1.165) is 15.7 Å². The summed E-state index contributed by atoms with van der Waals surface area (Å²) in [4.78, 5) is 12.4. The molecular weight excluding hydrogens is 441 g/mol. The van der Waals surface area contributed by atoms with Crippen molar-refractivity contribution in [3.8, 4) is 0 Å². The van der Waals surface area contributed by atoms with Gasteiger partial charge in [0.25, 0.3) is 0 Å². The van der Waals surface area contributed by atoms with Crippen molar-refractivity contribution >= 4 is 50.9 Å². The van der Waals surface area contributed by atoms with Crippen LogP contribution >= 0.6 is 39.1 Å². The number of rotatable bonds is 5. The zero-order chi connectivity index (χ0) is 18.8. The first-order chi connectivity index (χ1) is 12.3. The summed E-state index contributed by atoms with van der Waals surface area (Å²) >= 11 is 15.8. The van der Waals surface area contributed by atoms with Crippen LogP contribution in [0.5, 0.6) is 0 Å². The number of amides is 1. The molecule has 0 aliphatic carbocycles. The fourth-order valence-electron chi connectivity index (χ4n) is 2.37. The molecule has 1 atom stereocenters. The summed E-state index contributed by atoms with van der Waals surface area (Å²) in [5.41, 5.74) is 1.60. The van der Waals surface area contributed by atoms with Crippen molar-refractivity contribution in [1.82, 2.24) is 19.6 Å². The maximum Gasteiger partial charge on any atom is 0.250 e. The van der Waals surface area contributed by atoms with Crippen LogP contribution in [-0.4, -0.2) is 25.5 Å². The quantitative estimate of drug-likeness (QED) is 0.604. The highest BCUT2D eigenvalue weighted by molar-refractivity contribution is 9.10. The Bertz CT molecular complexity index is 913. The van der Waals surface area contributed by atoms with Gasteiger partial charge < -0.3 is 5.32 Å². The van der Waals surface area contributed by atoms with Gasteiger partial charge in [0.05, 0.1) is 16.7 Å². The van der Waals surface area contributed by atoms with E-state index in [4.69, 9.17) is 23.2 Å². The van der Waals surface area contributed by atoms with Crippen LogP contribution in [0.4, 0.5) is 5.82 Å². The highest BCUT2D eigenvalue weighted by atomic mass is 79.9. The third-order valence-electron chi connectivity index (χ3n) is 3.91. The Balaban J connectivity index is 1.69. The predicted molar refractivity (Wildman–Crippen MR) is 106 cm³/mol. The van der Waals surface area contributed by atoms with Gasteiger partial charge in [-0.05, 0) is 41.9 Å². The summed E-state index contributed by atoms with van der Waals surface area (Å²) in [5.74, 6) is 0.244. The number of hydrogen-bond acceptors (Lipinski definition) is 3. The summed E-state index contributed by atoms with van der Waals surface area (Å²) in [7, 11) is 0. The lowest BCUT2D eigenvalue weighted by atomic mass is 10.2. The molecule has 0 spiro atoms. The summed E-state index contributed by atoms with van der Waals surface area (Å²) in [6, 6.07) is 6.60. The number of nitrogens with zero attached hydrogens (tertiary/aromatic N) is 4. The van der Waals surface area contributed by atoms with Crippen LogP contribution in [0, 0.1) is 6.92 Å². The molecule has 0 aliphatic heterocycles. The van der Waals surface area contributed by atoms with Gasteiger partial charge in [-0.15, -0.1) is 0 Å². The predicted octanol–water partition coefficient (Wildman–Crippen LogP) is 4.71. The number of anilines is 1. The van der Waals surface area contributed by atoms with Crippen LogP contribution in [0.2, 0.25) is 10.0 Å². The van der Waals surface area contributed by atoms with Crippen LogP contribution < -0.4 is 5.32 Å². The number of hydrogen-bond donors (Lipinski definition) is 1. The van der Waals surface area contributed by atoms with Crippen molar-refractivity contribution in [1.29, 1.82) is 0 Å². The molecule has 1 amide bonds. The van der Waals surface area contributed by atoms with E-state index in [1.54, 1.807) is 52.9 Å². The Kier molecular flexibility index (Phi) is 5.70. The van der Waals surface area contributed by atoms with Gasteiger partial charge >= 0.3 is 0 Å². The molecule has 0 saturated heterocycles. The molecule has 0 saturated carbocycles. The second kappa shape index (κ2) is 7.82. The highest BCUT2D eigenvalue weighted by Crippen LogP contribution is 2.25. The van der Waals surface area contributed by atoms with Crippen molar-refractivity contribution in [2.24, 2.45) is 0 Å². The van der Waals surface area contributed by atoms with E-state index in [1.165, 1.54) is 0 Å². The summed E-state index contributed by atoms with van der Waals surface area (Å²) in [5, 5.41) is 12.6. The zero-order valence-corrected chi connectivity index (χ0v) is 17.2. The number of aryl methyl sites for hydroxylation is 1. The zero-order valence-electron chi connectivity index (χ0n) is 14.1. The SMILES string of the molecule is Cc1nn(C(C)C(=O)Nc2ccn(Cc3c(Cl)cccc3Cl)n2)cc1Br. The molecule has 9 heteroatoms. The molecule has 26 heavy (non-hydrogen) atoms. The Labute approximate surface area is 169 Å². The van der Waals surface area contributed by atoms with Gasteiger partial charge in [-0.2, -0.15) is 10.2 Å². The van der Waals surface area contributed by atoms with Gasteiger partial charge in [0.2, 0.25) is 5.91 Å². The first-order valence-electron chi connectivity index (χ1n) is 7.83. The minimum Gasteiger partial charge on any atom is -0.307 e. The monoisotopic (exact) mass is 455 g/mol. The fraction of sp³-hybridized carbons (Fsp3) is 0.235. The standard InChI is InChI=1S/C17H16BrCl2N5O/c1-10-13(18)9-25(22-10)11(2)17(26)21-16-6-7-24(23-16)8-12-14(19)4-3-5-15(12)20/h3-7,9,11H,8H2,1-2H3,(H,21,23,26). The summed E-state index contributed by atoms with van der Waals surface area (Å²) < 4.78 is 4.13. The number of aromatic nitrogens is 4. The summed E-state index contributed by atoms with van der Waals surface area (Å²) in [6.45, 7) is 4.05. The second-order valence-electron chi connectivity index (χ2n) is 5.81. The number of halogens is 3.